The topological polar surface area (TPSA) is 48.1 Å². The van der Waals surface area contributed by atoms with Crippen LogP contribution in [0.2, 0.25) is 0 Å². The predicted octanol–water partition coefficient (Wildman–Crippen LogP) is 1.60. The molecule has 0 aliphatic heterocycles. The van der Waals surface area contributed by atoms with Gasteiger partial charge in [-0.1, -0.05) is 13.3 Å². The molecule has 0 saturated carbocycles. The van der Waals surface area contributed by atoms with E-state index in [9.17, 15) is 0 Å². The summed E-state index contributed by atoms with van der Waals surface area (Å²) in [5, 5.41) is 0. The highest BCUT2D eigenvalue weighted by atomic mass is 16.6. The summed E-state index contributed by atoms with van der Waals surface area (Å²) in [6, 6.07) is 1.89. The second kappa shape index (κ2) is 4.07. The average Bonchev–Trinajstić information content (AvgIpc) is 2.05. The zero-order valence-corrected chi connectivity index (χ0v) is 7.50. The lowest BCUT2D eigenvalue weighted by Crippen LogP contribution is -2.07. The van der Waals surface area contributed by atoms with Gasteiger partial charge in [-0.05, 0) is 25.0 Å². The van der Waals surface area contributed by atoms with Gasteiger partial charge in [-0.15, -0.1) is 0 Å². The first-order chi connectivity index (χ1) is 5.79. The second-order valence-electron chi connectivity index (χ2n) is 2.77. The van der Waals surface area contributed by atoms with Gasteiger partial charge in [0, 0.05) is 6.20 Å². The fraction of sp³-hybridized carbons (Fsp3) is 0.444. The molecular weight excluding hydrogens is 152 g/mol. The van der Waals surface area contributed by atoms with Gasteiger partial charge in [-0.2, -0.15) is 5.90 Å². The minimum absolute atomic E-state index is 0.722. The molecule has 0 aromatic carbocycles. The van der Waals surface area contributed by atoms with Crippen LogP contribution in [0.3, 0.4) is 0 Å². The number of hydrogen-bond donors (Lipinski definition) is 1. The molecule has 1 heterocycles. The molecular formula is C9H14N2O. The molecule has 0 aliphatic rings. The van der Waals surface area contributed by atoms with Crippen molar-refractivity contribution in [2.45, 2.75) is 26.7 Å². The number of hydrogen-bond acceptors (Lipinski definition) is 3. The molecule has 0 aliphatic carbocycles. The molecule has 2 N–H and O–H groups in total. The monoisotopic (exact) mass is 166 g/mol. The maximum atomic E-state index is 5.14. The fourth-order valence-corrected chi connectivity index (χ4v) is 1.18. The zero-order chi connectivity index (χ0) is 8.97. The third kappa shape index (κ3) is 1.74. The molecule has 1 aromatic heterocycles. The first kappa shape index (κ1) is 9.00. The minimum atomic E-state index is 0.722. The van der Waals surface area contributed by atoms with Gasteiger partial charge < -0.3 is 4.84 Å². The highest BCUT2D eigenvalue weighted by molar-refractivity contribution is 5.35. The van der Waals surface area contributed by atoms with Crippen LogP contribution in [0, 0.1) is 6.92 Å². The lowest BCUT2D eigenvalue weighted by atomic mass is 10.1. The molecule has 3 nitrogen and oxygen atoms in total. The van der Waals surface area contributed by atoms with E-state index in [4.69, 9.17) is 10.7 Å². The van der Waals surface area contributed by atoms with E-state index in [0.29, 0.717) is 0 Å². The SMILES string of the molecule is CCCc1nccc(C)c1ON. The number of pyridine rings is 1. The van der Waals surface area contributed by atoms with Crippen molar-refractivity contribution >= 4 is 0 Å². The van der Waals surface area contributed by atoms with Gasteiger partial charge in [0.25, 0.3) is 0 Å². The predicted molar refractivity (Wildman–Crippen MR) is 47.8 cm³/mol. The number of rotatable bonds is 3. The average molecular weight is 166 g/mol. The lowest BCUT2D eigenvalue weighted by Gasteiger charge is -2.07. The lowest BCUT2D eigenvalue weighted by molar-refractivity contribution is 0.326. The van der Waals surface area contributed by atoms with Crippen LogP contribution in [0.15, 0.2) is 12.3 Å². The van der Waals surface area contributed by atoms with E-state index >= 15 is 0 Å². The van der Waals surface area contributed by atoms with E-state index in [1.165, 1.54) is 0 Å². The number of aromatic nitrogens is 1. The van der Waals surface area contributed by atoms with E-state index < -0.39 is 0 Å². The second-order valence-corrected chi connectivity index (χ2v) is 2.77. The van der Waals surface area contributed by atoms with Gasteiger partial charge in [0.2, 0.25) is 0 Å². The summed E-state index contributed by atoms with van der Waals surface area (Å²) in [6.07, 6.45) is 3.74. The van der Waals surface area contributed by atoms with Crippen molar-refractivity contribution in [3.8, 4) is 5.75 Å². The summed E-state index contributed by atoms with van der Waals surface area (Å²) in [5.74, 6) is 5.86. The van der Waals surface area contributed by atoms with Crippen LogP contribution in [-0.2, 0) is 6.42 Å². The quantitative estimate of drug-likeness (QED) is 0.694. The Morgan fingerprint density at radius 1 is 1.58 bits per heavy atom. The molecule has 0 atom stereocenters. The van der Waals surface area contributed by atoms with Gasteiger partial charge >= 0.3 is 0 Å². The minimum Gasteiger partial charge on any atom is -0.409 e. The van der Waals surface area contributed by atoms with Gasteiger partial charge in [-0.25, -0.2) is 0 Å². The summed E-state index contributed by atoms with van der Waals surface area (Å²) in [6.45, 7) is 4.06. The summed E-state index contributed by atoms with van der Waals surface area (Å²) in [7, 11) is 0. The van der Waals surface area contributed by atoms with Gasteiger partial charge in [0.05, 0.1) is 5.69 Å². The Bertz CT molecular complexity index is 261. The van der Waals surface area contributed by atoms with E-state index in [-0.39, 0.29) is 0 Å². The molecule has 0 amide bonds. The molecule has 66 valence electrons. The van der Waals surface area contributed by atoms with Crippen molar-refractivity contribution in [1.29, 1.82) is 0 Å². The van der Waals surface area contributed by atoms with Crippen LogP contribution in [0.25, 0.3) is 0 Å². The largest absolute Gasteiger partial charge is 0.409 e. The van der Waals surface area contributed by atoms with Crippen LogP contribution in [0.5, 0.6) is 5.75 Å². The van der Waals surface area contributed by atoms with Crippen molar-refractivity contribution in [2.24, 2.45) is 5.90 Å². The summed E-state index contributed by atoms with van der Waals surface area (Å²) < 4.78 is 0. The normalized spacial score (nSPS) is 9.92. The Balaban J connectivity index is 3.00. The number of nitrogens with two attached hydrogens (primary N) is 1. The van der Waals surface area contributed by atoms with Crippen molar-refractivity contribution in [1.82, 2.24) is 4.98 Å². The van der Waals surface area contributed by atoms with Crippen molar-refractivity contribution in [3.05, 3.63) is 23.5 Å². The molecule has 1 aromatic rings. The Kier molecular flexibility index (Phi) is 3.05. The Morgan fingerprint density at radius 3 is 2.92 bits per heavy atom. The van der Waals surface area contributed by atoms with Crippen molar-refractivity contribution in [3.63, 3.8) is 0 Å². The highest BCUT2D eigenvalue weighted by Crippen LogP contribution is 2.20. The highest BCUT2D eigenvalue weighted by Gasteiger charge is 2.05. The molecule has 0 fully saturated rings. The standard InChI is InChI=1S/C9H14N2O/c1-3-4-8-9(12-10)7(2)5-6-11-8/h5-6H,3-4,10H2,1-2H3. The molecule has 3 heteroatoms. The van der Waals surface area contributed by atoms with E-state index in [0.717, 1.165) is 29.8 Å². The van der Waals surface area contributed by atoms with Gasteiger partial charge in [-0.3, -0.25) is 4.98 Å². The molecule has 1 rings (SSSR count). The maximum absolute atomic E-state index is 5.14. The van der Waals surface area contributed by atoms with Crippen molar-refractivity contribution in [2.75, 3.05) is 0 Å². The van der Waals surface area contributed by atoms with Crippen LogP contribution >= 0.6 is 0 Å². The van der Waals surface area contributed by atoms with E-state index in [2.05, 4.69) is 11.9 Å². The first-order valence-electron chi connectivity index (χ1n) is 4.10. The number of aryl methyl sites for hydroxylation is 2. The van der Waals surface area contributed by atoms with Crippen LogP contribution in [0.4, 0.5) is 0 Å². The Morgan fingerprint density at radius 2 is 2.33 bits per heavy atom. The fourth-order valence-electron chi connectivity index (χ4n) is 1.18. The van der Waals surface area contributed by atoms with E-state index in [1.54, 1.807) is 6.20 Å². The molecule has 0 spiro atoms. The number of nitrogens with zero attached hydrogens (tertiary/aromatic N) is 1. The van der Waals surface area contributed by atoms with Crippen molar-refractivity contribution < 1.29 is 4.84 Å². The zero-order valence-electron chi connectivity index (χ0n) is 7.50. The molecule has 12 heavy (non-hydrogen) atoms. The summed E-state index contributed by atoms with van der Waals surface area (Å²) in [4.78, 5) is 8.96. The maximum Gasteiger partial charge on any atom is 0.171 e. The molecule has 0 radical (unpaired) electrons. The van der Waals surface area contributed by atoms with Gasteiger partial charge in [0.1, 0.15) is 0 Å². The van der Waals surface area contributed by atoms with Gasteiger partial charge in [0.15, 0.2) is 5.75 Å². The molecule has 0 saturated heterocycles. The first-order valence-corrected chi connectivity index (χ1v) is 4.10. The summed E-state index contributed by atoms with van der Waals surface area (Å²) >= 11 is 0. The van der Waals surface area contributed by atoms with Crippen LogP contribution < -0.4 is 10.7 Å². The Hall–Kier alpha value is -1.09. The van der Waals surface area contributed by atoms with E-state index in [1.807, 2.05) is 13.0 Å². The van der Waals surface area contributed by atoms with Crippen LogP contribution in [-0.4, -0.2) is 4.98 Å². The smallest absolute Gasteiger partial charge is 0.171 e. The molecule has 0 unspecified atom stereocenters. The summed E-state index contributed by atoms with van der Waals surface area (Å²) in [5.41, 5.74) is 1.98. The Labute approximate surface area is 72.5 Å². The third-order valence-corrected chi connectivity index (χ3v) is 1.78. The third-order valence-electron chi connectivity index (χ3n) is 1.78. The van der Waals surface area contributed by atoms with Crippen LogP contribution in [0.1, 0.15) is 24.6 Å². The molecule has 0 bridgehead atoms.